The monoisotopic (exact) mass is 752 g/mol. The first kappa shape index (κ1) is 37.0. The molecule has 13 heteroatoms. The van der Waals surface area contributed by atoms with Gasteiger partial charge in [-0.25, -0.2) is 9.97 Å². The summed E-state index contributed by atoms with van der Waals surface area (Å²) in [4.78, 5) is 29.3. The highest BCUT2D eigenvalue weighted by molar-refractivity contribution is 6.07. The number of carbonyl (C=O) groups is 1. The molecule has 4 aliphatic rings. The van der Waals surface area contributed by atoms with Gasteiger partial charge in [-0.1, -0.05) is 25.3 Å². The average molecular weight is 753 g/mol. The number of fused-ring (bicyclic) bond motifs is 2. The van der Waals surface area contributed by atoms with Gasteiger partial charge in [0, 0.05) is 65.8 Å². The number of nitrogens with one attached hydrogen (secondary N) is 1. The van der Waals surface area contributed by atoms with E-state index in [0.717, 1.165) is 80.9 Å². The topological polar surface area (TPSA) is 114 Å². The molecular weight excluding hydrogens is 706 g/mol. The highest BCUT2D eigenvalue weighted by Gasteiger charge is 2.46. The van der Waals surface area contributed by atoms with E-state index in [1.54, 1.807) is 12.3 Å². The predicted octanol–water partition coefficient (Wildman–Crippen LogP) is 7.94. The van der Waals surface area contributed by atoms with Crippen LogP contribution in [-0.4, -0.2) is 94.0 Å². The lowest BCUT2D eigenvalue weighted by Gasteiger charge is -2.54. The summed E-state index contributed by atoms with van der Waals surface area (Å²) in [5.74, 6) is 1.47. The Morgan fingerprint density at radius 1 is 1.04 bits per heavy atom. The number of H-pyrrole nitrogens is 1. The summed E-state index contributed by atoms with van der Waals surface area (Å²) < 4.78 is 48.1. The van der Waals surface area contributed by atoms with Crippen molar-refractivity contribution in [3.63, 3.8) is 0 Å². The third-order valence-electron chi connectivity index (χ3n) is 12.6. The molecule has 2 aromatic heterocycles. The molecule has 3 saturated heterocycles. The average Bonchev–Trinajstić information content (AvgIpc) is 3.67. The number of hydrogen-bond donors (Lipinski definition) is 1. The minimum absolute atomic E-state index is 0.00752. The van der Waals surface area contributed by atoms with E-state index < -0.39 is 12.8 Å². The smallest absolute Gasteiger partial charge is 0.422 e. The number of aryl methyl sites for hydroxylation is 1. The number of aromatic nitrogens is 4. The van der Waals surface area contributed by atoms with Crippen LogP contribution in [0.3, 0.4) is 0 Å². The zero-order valence-corrected chi connectivity index (χ0v) is 31.3. The highest BCUT2D eigenvalue weighted by Crippen LogP contribution is 2.48. The van der Waals surface area contributed by atoms with Crippen molar-refractivity contribution in [3.8, 4) is 22.9 Å². The van der Waals surface area contributed by atoms with Crippen LogP contribution in [0.2, 0.25) is 0 Å². The largest absolute Gasteiger partial charge is 0.481 e. The van der Waals surface area contributed by atoms with Crippen molar-refractivity contribution < 1.29 is 22.7 Å². The molecule has 0 radical (unpaired) electrons. The standard InChI is InChI=1S/C42H47F3N8O2/c1-4-28-20-31-37(38(55-25-42(43,44)45)36(28)35-26(3)6-11-33-32(35)22-47-50-33)48-39(29-12-16-51(17-13-29)30-9-7-27(21-46)8-10-30)49-40(31)52-18-14-41(15-19-52)23-53(24-41)34(54)5-2/h4-6,11,20,22,27,29-30H,1-2,7-10,12-19,23-25H2,3H3,(H,47,50). The number of nitrogens with zero attached hydrogens (tertiary/aromatic N) is 7. The molecule has 2 aromatic carbocycles. The van der Waals surface area contributed by atoms with Crippen molar-refractivity contribution in [2.45, 2.75) is 76.4 Å². The molecule has 8 rings (SSSR count). The van der Waals surface area contributed by atoms with Crippen LogP contribution in [0.1, 0.15) is 74.2 Å². The zero-order valence-electron chi connectivity index (χ0n) is 31.3. The second kappa shape index (κ2) is 14.6. The number of piperidine rings is 2. The number of rotatable bonds is 8. The van der Waals surface area contributed by atoms with Crippen LogP contribution >= 0.6 is 0 Å². The van der Waals surface area contributed by atoms with Crippen molar-refractivity contribution >= 4 is 39.6 Å². The highest BCUT2D eigenvalue weighted by atomic mass is 19.4. The number of benzene rings is 2. The first-order valence-electron chi connectivity index (χ1n) is 19.4. The molecule has 4 aromatic rings. The Labute approximate surface area is 319 Å². The van der Waals surface area contributed by atoms with E-state index in [-0.39, 0.29) is 28.9 Å². The third kappa shape index (κ3) is 7.05. The lowest BCUT2D eigenvalue weighted by Crippen LogP contribution is -2.61. The number of ether oxygens (including phenoxy) is 1. The lowest BCUT2D eigenvalue weighted by atomic mass is 9.72. The second-order valence-electron chi connectivity index (χ2n) is 16.0. The quantitative estimate of drug-likeness (QED) is 0.181. The Balaban J connectivity index is 1.22. The summed E-state index contributed by atoms with van der Waals surface area (Å²) in [7, 11) is 0. The normalized spacial score (nSPS) is 22.1. The molecule has 1 saturated carbocycles. The van der Waals surface area contributed by atoms with Gasteiger partial charge in [0.1, 0.15) is 17.2 Å². The molecule has 1 spiro atoms. The number of aromatic amines is 1. The molecule has 1 aliphatic carbocycles. The van der Waals surface area contributed by atoms with Crippen molar-refractivity contribution in [2.75, 3.05) is 50.8 Å². The number of nitriles is 1. The van der Waals surface area contributed by atoms with E-state index in [9.17, 15) is 23.2 Å². The van der Waals surface area contributed by atoms with E-state index in [1.165, 1.54) is 6.08 Å². The van der Waals surface area contributed by atoms with E-state index in [0.29, 0.717) is 71.5 Å². The molecule has 4 fully saturated rings. The lowest BCUT2D eigenvalue weighted by molar-refractivity contribution is -0.153. The van der Waals surface area contributed by atoms with Crippen LogP contribution in [0.5, 0.6) is 5.75 Å². The van der Waals surface area contributed by atoms with Gasteiger partial charge in [0.2, 0.25) is 5.91 Å². The Hall–Kier alpha value is -4.96. The number of alkyl halides is 3. The van der Waals surface area contributed by atoms with Gasteiger partial charge < -0.3 is 19.4 Å². The maximum Gasteiger partial charge on any atom is 0.422 e. The molecule has 5 heterocycles. The van der Waals surface area contributed by atoms with Crippen LogP contribution in [0, 0.1) is 29.6 Å². The Morgan fingerprint density at radius 3 is 2.42 bits per heavy atom. The number of amides is 1. The summed E-state index contributed by atoms with van der Waals surface area (Å²) in [6, 6.07) is 8.67. The van der Waals surface area contributed by atoms with Crippen LogP contribution < -0.4 is 9.64 Å². The van der Waals surface area contributed by atoms with Crippen LogP contribution in [0.25, 0.3) is 39.0 Å². The van der Waals surface area contributed by atoms with Gasteiger partial charge in [0.25, 0.3) is 0 Å². The number of likely N-dealkylation sites (tertiary alicyclic amines) is 2. The second-order valence-corrected chi connectivity index (χ2v) is 16.0. The van der Waals surface area contributed by atoms with Crippen molar-refractivity contribution in [1.29, 1.82) is 5.26 Å². The Morgan fingerprint density at radius 2 is 1.76 bits per heavy atom. The van der Waals surface area contributed by atoms with E-state index in [2.05, 4.69) is 39.2 Å². The van der Waals surface area contributed by atoms with Crippen LogP contribution in [-0.2, 0) is 4.79 Å². The van der Waals surface area contributed by atoms with E-state index >= 15 is 0 Å². The first-order chi connectivity index (χ1) is 26.5. The maximum absolute atomic E-state index is 14.1. The predicted molar refractivity (Wildman–Crippen MR) is 207 cm³/mol. The van der Waals surface area contributed by atoms with Crippen molar-refractivity contribution in [2.24, 2.45) is 11.3 Å². The first-order valence-corrected chi connectivity index (χ1v) is 19.4. The zero-order chi connectivity index (χ0) is 38.5. The number of anilines is 1. The fourth-order valence-electron chi connectivity index (χ4n) is 9.50. The molecule has 55 heavy (non-hydrogen) atoms. The van der Waals surface area contributed by atoms with E-state index in [4.69, 9.17) is 14.7 Å². The molecule has 1 N–H and O–H groups in total. The van der Waals surface area contributed by atoms with Crippen LogP contribution in [0.15, 0.2) is 43.6 Å². The van der Waals surface area contributed by atoms with Gasteiger partial charge in [-0.05, 0) is 106 Å². The summed E-state index contributed by atoms with van der Waals surface area (Å²) in [6.07, 6.45) is 7.37. The maximum atomic E-state index is 14.1. The van der Waals surface area contributed by atoms with Gasteiger partial charge in [0.15, 0.2) is 12.4 Å². The Bertz CT molecular complexity index is 2160. The molecule has 0 bridgehead atoms. The summed E-state index contributed by atoms with van der Waals surface area (Å²) >= 11 is 0. The SMILES string of the molecule is C=CC(=O)N1CC2(CCN(c3nc(C4CCN(C5CCC(C#N)CC5)CC4)nc4c(OCC(F)(F)F)c(-c5c(C)ccc6[nH]ncc56)c(C=C)cc34)CC2)C1. The van der Waals surface area contributed by atoms with Gasteiger partial charge in [0.05, 0.1) is 17.8 Å². The summed E-state index contributed by atoms with van der Waals surface area (Å²) in [5.41, 5.74) is 3.81. The third-order valence-corrected chi connectivity index (χ3v) is 12.6. The number of hydrogen-bond acceptors (Lipinski definition) is 8. The van der Waals surface area contributed by atoms with Crippen molar-refractivity contribution in [3.05, 3.63) is 60.6 Å². The summed E-state index contributed by atoms with van der Waals surface area (Å²) in [5, 5.41) is 18.0. The fourth-order valence-corrected chi connectivity index (χ4v) is 9.50. The van der Waals surface area contributed by atoms with Crippen LogP contribution in [0.4, 0.5) is 19.0 Å². The minimum Gasteiger partial charge on any atom is -0.481 e. The number of carbonyl (C=O) groups excluding carboxylic acids is 1. The molecule has 10 nitrogen and oxygen atoms in total. The Kier molecular flexibility index (Phi) is 9.82. The fraction of sp³-hybridized carbons (Fsp3) is 0.500. The molecule has 3 aliphatic heterocycles. The molecule has 0 atom stereocenters. The van der Waals surface area contributed by atoms with Gasteiger partial charge in [-0.2, -0.15) is 23.5 Å². The van der Waals surface area contributed by atoms with Gasteiger partial charge in [-0.15, -0.1) is 0 Å². The van der Waals surface area contributed by atoms with Gasteiger partial charge >= 0.3 is 6.18 Å². The minimum atomic E-state index is -4.59. The number of halogens is 3. The van der Waals surface area contributed by atoms with Crippen molar-refractivity contribution in [1.82, 2.24) is 30.0 Å². The molecular formula is C42H47F3N8O2. The molecule has 288 valence electrons. The van der Waals surface area contributed by atoms with Gasteiger partial charge in [-0.3, -0.25) is 9.89 Å². The summed E-state index contributed by atoms with van der Waals surface area (Å²) in [6.45, 7) is 12.7. The molecule has 0 unspecified atom stereocenters. The van der Waals surface area contributed by atoms with E-state index in [1.807, 2.05) is 30.0 Å². The molecule has 1 amide bonds.